The van der Waals surface area contributed by atoms with E-state index in [1.165, 1.54) is 0 Å². The van der Waals surface area contributed by atoms with E-state index in [0.29, 0.717) is 0 Å². The maximum absolute atomic E-state index is 13.7. The van der Waals surface area contributed by atoms with Gasteiger partial charge in [0.2, 0.25) is 0 Å². The van der Waals surface area contributed by atoms with E-state index in [1.54, 1.807) is 37.5 Å². The van der Waals surface area contributed by atoms with E-state index in [-0.39, 0.29) is 17.3 Å². The highest BCUT2D eigenvalue weighted by atomic mass is 19.1. The summed E-state index contributed by atoms with van der Waals surface area (Å²) in [5, 5.41) is 11.4. The highest BCUT2D eigenvalue weighted by molar-refractivity contribution is 5.51. The van der Waals surface area contributed by atoms with E-state index in [2.05, 4.69) is 10.3 Å². The predicted octanol–water partition coefficient (Wildman–Crippen LogP) is 3.40. The van der Waals surface area contributed by atoms with Gasteiger partial charge in [-0.3, -0.25) is 4.98 Å². The van der Waals surface area contributed by atoms with Gasteiger partial charge >= 0.3 is 0 Å². The molecule has 2 aromatic rings. The highest BCUT2D eigenvalue weighted by Crippen LogP contribution is 2.25. The van der Waals surface area contributed by atoms with Crippen molar-refractivity contribution in [2.45, 2.75) is 13.0 Å². The second-order valence-electron chi connectivity index (χ2n) is 4.07. The molecule has 1 aromatic carbocycles. The number of halogens is 2. The molecular formula is C14H11F2N3. The maximum atomic E-state index is 13.7. The van der Waals surface area contributed by atoms with Crippen LogP contribution in [0.3, 0.4) is 0 Å². The molecule has 0 saturated carbocycles. The molecule has 1 aromatic heterocycles. The monoisotopic (exact) mass is 259 g/mol. The largest absolute Gasteiger partial charge is 0.374 e. The average molecular weight is 259 g/mol. The van der Waals surface area contributed by atoms with Gasteiger partial charge in [0.05, 0.1) is 11.6 Å². The first-order valence-electron chi connectivity index (χ1n) is 5.67. The van der Waals surface area contributed by atoms with E-state index in [9.17, 15) is 8.78 Å². The molecule has 19 heavy (non-hydrogen) atoms. The van der Waals surface area contributed by atoms with Gasteiger partial charge in [-0.05, 0) is 36.8 Å². The van der Waals surface area contributed by atoms with Crippen LogP contribution in [0.4, 0.5) is 14.5 Å². The Morgan fingerprint density at radius 2 is 1.79 bits per heavy atom. The van der Waals surface area contributed by atoms with Crippen LogP contribution < -0.4 is 5.32 Å². The van der Waals surface area contributed by atoms with Gasteiger partial charge in [-0.25, -0.2) is 8.78 Å². The highest BCUT2D eigenvalue weighted by Gasteiger charge is 2.14. The molecular weight excluding hydrogens is 248 g/mol. The normalized spacial score (nSPS) is 11.7. The van der Waals surface area contributed by atoms with Crippen LogP contribution in [-0.2, 0) is 0 Å². The van der Waals surface area contributed by atoms with E-state index in [4.69, 9.17) is 5.26 Å². The molecule has 1 heterocycles. The number of benzene rings is 1. The fraction of sp³-hybridized carbons (Fsp3) is 0.143. The van der Waals surface area contributed by atoms with Crippen molar-refractivity contribution >= 4 is 5.69 Å². The Hall–Kier alpha value is -2.48. The summed E-state index contributed by atoms with van der Waals surface area (Å²) in [6.07, 6.45) is 3.22. The molecule has 0 unspecified atom stereocenters. The molecule has 0 radical (unpaired) electrons. The zero-order valence-corrected chi connectivity index (χ0v) is 10.2. The number of hydrogen-bond acceptors (Lipinski definition) is 3. The van der Waals surface area contributed by atoms with Gasteiger partial charge in [0.25, 0.3) is 0 Å². The number of nitrogens with one attached hydrogen (secondary N) is 1. The lowest BCUT2D eigenvalue weighted by atomic mass is 10.1. The minimum absolute atomic E-state index is 0.0443. The van der Waals surface area contributed by atoms with Crippen LogP contribution in [-0.4, -0.2) is 4.98 Å². The first-order chi connectivity index (χ1) is 9.11. The van der Waals surface area contributed by atoms with Crippen molar-refractivity contribution in [1.29, 1.82) is 5.26 Å². The molecule has 0 spiro atoms. The third kappa shape index (κ3) is 2.86. The summed E-state index contributed by atoms with van der Waals surface area (Å²) in [6, 6.07) is 6.96. The molecule has 0 aliphatic heterocycles. The molecule has 2 rings (SSSR count). The zero-order valence-electron chi connectivity index (χ0n) is 10.2. The number of hydrogen-bond donors (Lipinski definition) is 1. The molecule has 3 nitrogen and oxygen atoms in total. The van der Waals surface area contributed by atoms with Gasteiger partial charge in [-0.1, -0.05) is 0 Å². The van der Waals surface area contributed by atoms with Crippen LogP contribution in [0.25, 0.3) is 0 Å². The van der Waals surface area contributed by atoms with Gasteiger partial charge in [0.1, 0.15) is 5.69 Å². The molecule has 0 amide bonds. The Labute approximate surface area is 109 Å². The molecule has 1 N–H and O–H groups in total. The van der Waals surface area contributed by atoms with Gasteiger partial charge in [-0.2, -0.15) is 5.26 Å². The Morgan fingerprint density at radius 3 is 2.32 bits per heavy atom. The fourth-order valence-corrected chi connectivity index (χ4v) is 1.73. The van der Waals surface area contributed by atoms with Crippen LogP contribution in [0, 0.1) is 23.0 Å². The first kappa shape index (κ1) is 13.0. The smallest absolute Gasteiger partial charge is 0.150 e. The number of aromatic nitrogens is 1. The lowest BCUT2D eigenvalue weighted by Crippen LogP contribution is -2.10. The molecule has 0 fully saturated rings. The summed E-state index contributed by atoms with van der Waals surface area (Å²) in [6.45, 7) is 1.78. The van der Waals surface area contributed by atoms with Gasteiger partial charge in [0.15, 0.2) is 11.6 Å². The number of rotatable bonds is 3. The van der Waals surface area contributed by atoms with Crippen LogP contribution in [0.15, 0.2) is 36.7 Å². The molecule has 5 heteroatoms. The van der Waals surface area contributed by atoms with E-state index in [0.717, 1.165) is 17.7 Å². The summed E-state index contributed by atoms with van der Waals surface area (Å²) < 4.78 is 27.4. The second-order valence-corrected chi connectivity index (χ2v) is 4.07. The van der Waals surface area contributed by atoms with E-state index < -0.39 is 11.6 Å². The van der Waals surface area contributed by atoms with Crippen molar-refractivity contribution in [2.24, 2.45) is 0 Å². The Balaban J connectivity index is 2.27. The van der Waals surface area contributed by atoms with Crippen molar-refractivity contribution in [3.63, 3.8) is 0 Å². The van der Waals surface area contributed by atoms with Gasteiger partial charge < -0.3 is 5.32 Å². The number of nitriles is 1. The summed E-state index contributed by atoms with van der Waals surface area (Å²) in [5.41, 5.74) is 0.582. The van der Waals surface area contributed by atoms with Gasteiger partial charge in [-0.15, -0.1) is 0 Å². The third-order valence-corrected chi connectivity index (χ3v) is 2.74. The number of nitrogens with zero attached hydrogens (tertiary/aromatic N) is 2. The standard InChI is InChI=1S/C14H11F2N3/c1-9(11-2-4-18-5-3-11)19-14-12(15)6-10(8-17)7-13(14)16/h2-7,9,19H,1H3/t9-/m0/s1. The summed E-state index contributed by atoms with van der Waals surface area (Å²) in [7, 11) is 0. The summed E-state index contributed by atoms with van der Waals surface area (Å²) in [4.78, 5) is 3.88. The Kier molecular flexibility index (Phi) is 3.71. The second kappa shape index (κ2) is 5.44. The van der Waals surface area contributed by atoms with Crippen LogP contribution in [0.1, 0.15) is 24.1 Å². The first-order valence-corrected chi connectivity index (χ1v) is 5.67. The van der Waals surface area contributed by atoms with Crippen molar-refractivity contribution < 1.29 is 8.78 Å². The summed E-state index contributed by atoms with van der Waals surface area (Å²) in [5.74, 6) is -1.56. The van der Waals surface area contributed by atoms with E-state index >= 15 is 0 Å². The van der Waals surface area contributed by atoms with Crippen molar-refractivity contribution in [3.05, 3.63) is 59.4 Å². The topological polar surface area (TPSA) is 48.7 Å². The Bertz CT molecular complexity index is 597. The Morgan fingerprint density at radius 1 is 1.21 bits per heavy atom. The minimum Gasteiger partial charge on any atom is -0.374 e. The van der Waals surface area contributed by atoms with Crippen LogP contribution in [0.5, 0.6) is 0 Å². The lowest BCUT2D eigenvalue weighted by Gasteiger charge is -2.16. The maximum Gasteiger partial charge on any atom is 0.150 e. The molecule has 0 saturated heterocycles. The molecule has 1 atom stereocenters. The summed E-state index contributed by atoms with van der Waals surface area (Å²) >= 11 is 0. The predicted molar refractivity (Wildman–Crippen MR) is 67.3 cm³/mol. The number of pyridine rings is 1. The molecule has 96 valence electrons. The van der Waals surface area contributed by atoms with Crippen molar-refractivity contribution in [2.75, 3.05) is 5.32 Å². The quantitative estimate of drug-likeness (QED) is 0.918. The molecule has 0 aliphatic rings. The van der Waals surface area contributed by atoms with E-state index in [1.807, 2.05) is 0 Å². The minimum atomic E-state index is -0.780. The third-order valence-electron chi connectivity index (χ3n) is 2.74. The SMILES string of the molecule is C[C@H](Nc1c(F)cc(C#N)cc1F)c1ccncc1. The van der Waals surface area contributed by atoms with Crippen molar-refractivity contribution in [3.8, 4) is 6.07 Å². The average Bonchev–Trinajstić information content (AvgIpc) is 2.43. The molecule has 0 bridgehead atoms. The van der Waals surface area contributed by atoms with Crippen LogP contribution in [0.2, 0.25) is 0 Å². The molecule has 0 aliphatic carbocycles. The van der Waals surface area contributed by atoms with Crippen molar-refractivity contribution in [1.82, 2.24) is 4.98 Å². The van der Waals surface area contributed by atoms with Crippen LogP contribution >= 0.6 is 0 Å². The zero-order chi connectivity index (χ0) is 13.8. The van der Waals surface area contributed by atoms with Gasteiger partial charge in [0, 0.05) is 18.4 Å². The lowest BCUT2D eigenvalue weighted by molar-refractivity contribution is 0.584. The number of anilines is 1. The fourth-order valence-electron chi connectivity index (χ4n) is 1.73.